The molecule has 2 bridgehead atoms. The summed E-state index contributed by atoms with van der Waals surface area (Å²) in [4.78, 5) is 28.6. The molecule has 2 N–H and O–H groups in total. The number of nitrogens with zero attached hydrogens (tertiary/aromatic N) is 1. The molecule has 0 radical (unpaired) electrons. The molecule has 14 heteroatoms. The second kappa shape index (κ2) is 11.5. The van der Waals surface area contributed by atoms with Crippen molar-refractivity contribution in [1.29, 1.82) is 0 Å². The zero-order chi connectivity index (χ0) is 33.1. The minimum atomic E-state index is -4.86. The first-order valence-electron chi connectivity index (χ1n) is 15.4. The van der Waals surface area contributed by atoms with Crippen molar-refractivity contribution >= 4 is 27.5 Å². The van der Waals surface area contributed by atoms with E-state index >= 15 is 0 Å². The van der Waals surface area contributed by atoms with Crippen LogP contribution in [0.15, 0.2) is 48.5 Å². The number of carbonyl (C=O) groups excluding carboxylic acids is 2. The lowest BCUT2D eigenvalue weighted by molar-refractivity contribution is -0.295. The van der Waals surface area contributed by atoms with Crippen molar-refractivity contribution in [1.82, 2.24) is 4.72 Å². The summed E-state index contributed by atoms with van der Waals surface area (Å²) in [5.41, 5.74) is -2.49. The normalized spacial score (nSPS) is 29.2. The molecule has 5 fully saturated rings. The Balaban J connectivity index is 1.23. The zero-order valence-corrected chi connectivity index (χ0v) is 25.7. The molecule has 5 saturated carbocycles. The lowest BCUT2D eigenvalue weighted by Crippen LogP contribution is -2.60. The predicted molar refractivity (Wildman–Crippen MR) is 157 cm³/mol. The maximum Gasteiger partial charge on any atom is 0.417 e. The quantitative estimate of drug-likeness (QED) is 0.303. The van der Waals surface area contributed by atoms with Crippen molar-refractivity contribution in [3.63, 3.8) is 0 Å². The summed E-state index contributed by atoms with van der Waals surface area (Å²) in [7, 11) is -3.70. The minimum absolute atomic E-state index is 0.0302. The van der Waals surface area contributed by atoms with Gasteiger partial charge in [0, 0.05) is 18.2 Å². The first kappa shape index (κ1) is 32.7. The number of hydrogen-bond acceptors (Lipinski definition) is 6. The fourth-order valence-electron chi connectivity index (χ4n) is 7.24. The van der Waals surface area contributed by atoms with Crippen LogP contribution in [0.25, 0.3) is 11.1 Å². The van der Waals surface area contributed by atoms with E-state index in [-0.39, 0.29) is 12.3 Å². The van der Waals surface area contributed by atoms with Crippen LogP contribution in [0.2, 0.25) is 0 Å². The monoisotopic (exact) mass is 670 g/mol. The molecule has 0 heterocycles. The summed E-state index contributed by atoms with van der Waals surface area (Å²) in [5.74, 6) is -2.12. The van der Waals surface area contributed by atoms with Crippen LogP contribution in [-0.2, 0) is 19.6 Å². The highest BCUT2D eigenvalue weighted by Crippen LogP contribution is 2.58. The number of nitrogens with one attached hydrogen (secondary N) is 1. The van der Waals surface area contributed by atoms with Gasteiger partial charge in [-0.1, -0.05) is 24.3 Å². The molecular weight excluding hydrogens is 635 g/mol. The van der Waals surface area contributed by atoms with Crippen LogP contribution in [-0.4, -0.2) is 55.5 Å². The van der Waals surface area contributed by atoms with Crippen molar-refractivity contribution in [3.05, 3.63) is 48.5 Å². The number of anilines is 1. The Labute approximate surface area is 263 Å². The van der Waals surface area contributed by atoms with E-state index in [1.165, 1.54) is 17.0 Å². The van der Waals surface area contributed by atoms with E-state index in [4.69, 9.17) is 0 Å². The Morgan fingerprint density at radius 3 is 2.11 bits per heavy atom. The van der Waals surface area contributed by atoms with Gasteiger partial charge in [0.2, 0.25) is 21.8 Å². The number of fused-ring (bicyclic) bond motifs is 3. The lowest BCUT2D eigenvalue weighted by atomic mass is 9.53. The second-order valence-corrected chi connectivity index (χ2v) is 15.4. The number of alkyl halides is 5. The molecule has 0 saturated heterocycles. The highest BCUT2D eigenvalue weighted by atomic mass is 32.2. The van der Waals surface area contributed by atoms with E-state index in [1.807, 2.05) is 0 Å². The molecule has 46 heavy (non-hydrogen) atoms. The Morgan fingerprint density at radius 1 is 0.957 bits per heavy atom. The number of aliphatic hydroxyl groups is 1. The summed E-state index contributed by atoms with van der Waals surface area (Å²) >= 11 is 0. The SMILES string of the molecule is O=C(C1CC(O)(C(F)(F)F)C1)N(CC12CCC(C(=O)NS(=O)(=O)C3CC3)(CC1)CC2)c1cccc(-c2ccc(OC(F)F)cc2)c1. The van der Waals surface area contributed by atoms with Gasteiger partial charge in [0.15, 0.2) is 5.60 Å². The van der Waals surface area contributed by atoms with E-state index in [0.717, 1.165) is 0 Å². The molecule has 250 valence electrons. The van der Waals surface area contributed by atoms with E-state index in [0.29, 0.717) is 68.2 Å². The van der Waals surface area contributed by atoms with E-state index in [1.54, 1.807) is 36.4 Å². The van der Waals surface area contributed by atoms with Gasteiger partial charge >= 0.3 is 12.8 Å². The lowest BCUT2D eigenvalue weighted by Gasteiger charge is -2.54. The van der Waals surface area contributed by atoms with Crippen molar-refractivity contribution in [2.75, 3.05) is 11.4 Å². The van der Waals surface area contributed by atoms with E-state index in [9.17, 15) is 45.1 Å². The average Bonchev–Trinajstić information content (AvgIpc) is 3.85. The van der Waals surface area contributed by atoms with Gasteiger partial charge in [-0.25, -0.2) is 8.42 Å². The molecule has 7 rings (SSSR count). The van der Waals surface area contributed by atoms with Crippen LogP contribution in [0.4, 0.5) is 27.6 Å². The number of amides is 2. The van der Waals surface area contributed by atoms with Gasteiger partial charge in [-0.3, -0.25) is 14.3 Å². The predicted octanol–water partition coefficient (Wildman–Crippen LogP) is 5.94. The summed E-state index contributed by atoms with van der Waals surface area (Å²) < 4.78 is 97.1. The van der Waals surface area contributed by atoms with Gasteiger partial charge < -0.3 is 14.7 Å². The van der Waals surface area contributed by atoms with Gasteiger partial charge in [0.25, 0.3) is 0 Å². The van der Waals surface area contributed by atoms with Crippen LogP contribution >= 0.6 is 0 Å². The fraction of sp³-hybridized carbons (Fsp3) is 0.562. The fourth-order valence-corrected chi connectivity index (χ4v) is 8.63. The number of halogens is 5. The third-order valence-electron chi connectivity index (χ3n) is 10.5. The van der Waals surface area contributed by atoms with Gasteiger partial charge in [-0.05, 0) is 105 Å². The van der Waals surface area contributed by atoms with Crippen molar-refractivity contribution in [2.45, 2.75) is 87.8 Å². The third-order valence-corrected chi connectivity index (χ3v) is 12.3. The Bertz CT molecular complexity index is 1580. The maximum atomic E-state index is 13.9. The van der Waals surface area contributed by atoms with Gasteiger partial charge in [-0.15, -0.1) is 0 Å². The Kier molecular flexibility index (Phi) is 8.14. The first-order chi connectivity index (χ1) is 21.5. The first-order valence-corrected chi connectivity index (χ1v) is 16.9. The Hall–Kier alpha value is -3.26. The Morgan fingerprint density at radius 2 is 1.57 bits per heavy atom. The van der Waals surface area contributed by atoms with Gasteiger partial charge in [0.05, 0.1) is 10.7 Å². The molecular formula is C32H35F5N2O6S. The van der Waals surface area contributed by atoms with Crippen LogP contribution in [0, 0.1) is 16.7 Å². The van der Waals surface area contributed by atoms with Crippen molar-refractivity contribution in [2.24, 2.45) is 16.7 Å². The van der Waals surface area contributed by atoms with Crippen LogP contribution in [0.1, 0.15) is 64.2 Å². The van der Waals surface area contributed by atoms with E-state index in [2.05, 4.69) is 9.46 Å². The molecule has 0 unspecified atom stereocenters. The summed E-state index contributed by atoms with van der Waals surface area (Å²) in [6.07, 6.45) is -2.46. The zero-order valence-electron chi connectivity index (χ0n) is 24.9. The van der Waals surface area contributed by atoms with Crippen LogP contribution in [0.5, 0.6) is 5.75 Å². The highest BCUT2D eigenvalue weighted by Gasteiger charge is 2.63. The van der Waals surface area contributed by atoms with Gasteiger partial charge in [0.1, 0.15) is 5.75 Å². The van der Waals surface area contributed by atoms with Crippen molar-refractivity contribution < 1.29 is 49.8 Å². The van der Waals surface area contributed by atoms with Gasteiger partial charge in [-0.2, -0.15) is 22.0 Å². The molecule has 0 aliphatic heterocycles. The molecule has 5 aliphatic rings. The summed E-state index contributed by atoms with van der Waals surface area (Å²) in [5, 5.41) is 9.55. The topological polar surface area (TPSA) is 113 Å². The van der Waals surface area contributed by atoms with Crippen molar-refractivity contribution in [3.8, 4) is 16.9 Å². The standard InChI is InChI=1S/C32H35F5N2O6S/c33-28(34)45-24-6-4-20(5-7-24)21-2-1-3-23(16-21)39(26(40)22-17-31(42,18-22)32(35,36)37)19-29-10-13-30(14-11-29,15-12-29)27(41)38-46(43,44)25-8-9-25/h1-7,16,22,25,28,42H,8-15,17-19H2,(H,38,41). The summed E-state index contributed by atoms with van der Waals surface area (Å²) in [6, 6.07) is 12.7. The molecule has 0 aromatic heterocycles. The molecule has 0 spiro atoms. The molecule has 0 atom stereocenters. The molecule has 2 amide bonds. The molecule has 8 nitrogen and oxygen atoms in total. The van der Waals surface area contributed by atoms with Crippen LogP contribution < -0.4 is 14.4 Å². The number of ether oxygens (including phenoxy) is 1. The van der Waals surface area contributed by atoms with E-state index < -0.39 is 75.1 Å². The molecule has 2 aromatic rings. The number of carbonyl (C=O) groups is 2. The molecule has 5 aliphatic carbocycles. The molecule has 2 aromatic carbocycles. The highest BCUT2D eigenvalue weighted by molar-refractivity contribution is 7.90. The summed E-state index contributed by atoms with van der Waals surface area (Å²) in [6.45, 7) is -2.81. The number of rotatable bonds is 10. The third kappa shape index (κ3) is 6.22. The maximum absolute atomic E-state index is 13.9. The number of hydrogen-bond donors (Lipinski definition) is 2. The second-order valence-electron chi connectivity index (χ2n) is 13.5. The minimum Gasteiger partial charge on any atom is -0.435 e. The van der Waals surface area contributed by atoms with Crippen LogP contribution in [0.3, 0.4) is 0 Å². The largest absolute Gasteiger partial charge is 0.435 e. The average molecular weight is 671 g/mol. The number of benzene rings is 2. The number of sulfonamides is 1. The smallest absolute Gasteiger partial charge is 0.417 e.